The summed E-state index contributed by atoms with van der Waals surface area (Å²) in [6, 6.07) is 19.2. The molecular weight excluding hydrogens is 444 g/mol. The molecule has 2 aromatic heterocycles. The first-order chi connectivity index (χ1) is 15.4. The molecule has 1 amide bonds. The molecule has 0 fully saturated rings. The molecule has 1 atom stereocenters. The fourth-order valence-electron chi connectivity index (χ4n) is 4.04. The van der Waals surface area contributed by atoms with Gasteiger partial charge in [0.25, 0.3) is 0 Å². The van der Waals surface area contributed by atoms with E-state index in [1.807, 2.05) is 74.5 Å². The first-order valence-corrected chi connectivity index (χ1v) is 11.3. The summed E-state index contributed by atoms with van der Waals surface area (Å²) < 4.78 is 6.18. The van der Waals surface area contributed by atoms with Crippen molar-refractivity contribution in [2.75, 3.05) is 5.32 Å². The number of hydrogen-bond acceptors (Lipinski definition) is 6. The Balaban J connectivity index is 1.59. The topological polar surface area (TPSA) is 77.0 Å². The zero-order valence-corrected chi connectivity index (χ0v) is 18.9. The van der Waals surface area contributed by atoms with Crippen LogP contribution in [0.2, 0.25) is 5.02 Å². The van der Waals surface area contributed by atoms with Gasteiger partial charge in [0, 0.05) is 27.6 Å². The molecule has 5 rings (SSSR count). The van der Waals surface area contributed by atoms with Crippen LogP contribution < -0.4 is 10.1 Å². The lowest BCUT2D eigenvalue weighted by molar-refractivity contribution is -0.124. The minimum absolute atomic E-state index is 0.152. The Bertz CT molecular complexity index is 1310. The van der Waals surface area contributed by atoms with E-state index < -0.39 is 5.41 Å². The minimum Gasteiger partial charge on any atom is -0.438 e. The first kappa shape index (κ1) is 20.6. The molecule has 6 nitrogen and oxygen atoms in total. The molecule has 8 heteroatoms. The molecular formula is C24H19ClN4O2S. The summed E-state index contributed by atoms with van der Waals surface area (Å²) in [5.41, 5.74) is 4.21. The Kier molecular flexibility index (Phi) is 5.15. The van der Waals surface area contributed by atoms with E-state index in [-0.39, 0.29) is 11.8 Å². The van der Waals surface area contributed by atoms with E-state index in [1.54, 1.807) is 5.51 Å². The van der Waals surface area contributed by atoms with Crippen LogP contribution in [-0.2, 0) is 4.79 Å². The lowest BCUT2D eigenvalue weighted by Crippen LogP contribution is -2.38. The summed E-state index contributed by atoms with van der Waals surface area (Å²) in [6.45, 7) is 3.84. The van der Waals surface area contributed by atoms with E-state index in [9.17, 15) is 4.79 Å². The van der Waals surface area contributed by atoms with Gasteiger partial charge in [-0.05, 0) is 24.3 Å². The summed E-state index contributed by atoms with van der Waals surface area (Å²) in [6.07, 6.45) is 0. The molecule has 0 saturated carbocycles. The van der Waals surface area contributed by atoms with Gasteiger partial charge in [-0.25, -0.2) is 4.98 Å². The predicted molar refractivity (Wildman–Crippen MR) is 125 cm³/mol. The Morgan fingerprint density at radius 3 is 2.72 bits per heavy atom. The van der Waals surface area contributed by atoms with Crippen molar-refractivity contribution in [1.29, 1.82) is 0 Å². The van der Waals surface area contributed by atoms with Crippen molar-refractivity contribution in [1.82, 2.24) is 15.2 Å². The van der Waals surface area contributed by atoms with Gasteiger partial charge in [-0.2, -0.15) is 0 Å². The molecule has 1 aliphatic rings. The highest BCUT2D eigenvalue weighted by Crippen LogP contribution is 2.52. The summed E-state index contributed by atoms with van der Waals surface area (Å²) in [7, 11) is 0. The molecule has 3 heterocycles. The van der Waals surface area contributed by atoms with Crippen molar-refractivity contribution in [3.8, 4) is 22.9 Å². The molecule has 4 aromatic rings. The van der Waals surface area contributed by atoms with Crippen LogP contribution >= 0.6 is 22.9 Å². The van der Waals surface area contributed by atoms with Crippen molar-refractivity contribution in [3.05, 3.63) is 82.3 Å². The molecule has 160 valence electrons. The molecule has 32 heavy (non-hydrogen) atoms. The molecule has 1 aliphatic heterocycles. The van der Waals surface area contributed by atoms with E-state index >= 15 is 0 Å². The highest BCUT2D eigenvalue weighted by atomic mass is 35.5. The molecule has 0 unspecified atom stereocenters. The molecule has 0 saturated heterocycles. The van der Waals surface area contributed by atoms with E-state index in [1.165, 1.54) is 11.3 Å². The SMILES string of the molecule is CC(C)(C(=O)Nc1nncs1)[C@H]1c2ccccc2Oc2nc(-c3cccc(Cl)c3)ccc21. The van der Waals surface area contributed by atoms with Gasteiger partial charge >= 0.3 is 0 Å². The fraction of sp³-hybridized carbons (Fsp3) is 0.167. The van der Waals surface area contributed by atoms with Crippen LogP contribution in [0, 0.1) is 5.41 Å². The third kappa shape index (κ3) is 3.63. The highest BCUT2D eigenvalue weighted by Gasteiger charge is 2.44. The van der Waals surface area contributed by atoms with Gasteiger partial charge in [0.2, 0.25) is 16.9 Å². The van der Waals surface area contributed by atoms with Crippen molar-refractivity contribution >= 4 is 34.0 Å². The number of carbonyl (C=O) groups excluding carboxylic acids is 1. The second-order valence-corrected chi connectivity index (χ2v) is 9.36. The average Bonchev–Trinajstić information content (AvgIpc) is 3.30. The number of carbonyl (C=O) groups is 1. The first-order valence-electron chi connectivity index (χ1n) is 10.0. The zero-order chi connectivity index (χ0) is 22.3. The predicted octanol–water partition coefficient (Wildman–Crippen LogP) is 6.16. The number of halogens is 1. The van der Waals surface area contributed by atoms with Crippen LogP contribution in [0.15, 0.2) is 66.2 Å². The number of fused-ring (bicyclic) bond motifs is 2. The number of para-hydroxylation sites is 1. The molecule has 1 N–H and O–H groups in total. The van der Waals surface area contributed by atoms with Crippen LogP contribution in [0.4, 0.5) is 5.13 Å². The lowest BCUT2D eigenvalue weighted by Gasteiger charge is -2.37. The number of rotatable bonds is 4. The summed E-state index contributed by atoms with van der Waals surface area (Å²) in [4.78, 5) is 18.1. The maximum atomic E-state index is 13.3. The number of nitrogens with one attached hydrogen (secondary N) is 1. The molecule has 0 bridgehead atoms. The second kappa shape index (κ2) is 8.00. The third-order valence-corrected chi connectivity index (χ3v) is 6.49. The fourth-order valence-corrected chi connectivity index (χ4v) is 4.67. The lowest BCUT2D eigenvalue weighted by atomic mass is 9.69. The maximum absolute atomic E-state index is 13.3. The van der Waals surface area contributed by atoms with Gasteiger partial charge in [-0.3, -0.25) is 4.79 Å². The summed E-state index contributed by atoms with van der Waals surface area (Å²) in [5.74, 6) is 0.762. The van der Waals surface area contributed by atoms with Gasteiger partial charge < -0.3 is 10.1 Å². The second-order valence-electron chi connectivity index (χ2n) is 8.09. The molecule has 2 aromatic carbocycles. The van der Waals surface area contributed by atoms with Crippen LogP contribution in [0.3, 0.4) is 0 Å². The molecule has 0 radical (unpaired) electrons. The van der Waals surface area contributed by atoms with Crippen molar-refractivity contribution in [2.45, 2.75) is 19.8 Å². The largest absolute Gasteiger partial charge is 0.438 e. The van der Waals surface area contributed by atoms with Gasteiger partial charge in [-0.1, -0.05) is 73.2 Å². The average molecular weight is 463 g/mol. The van der Waals surface area contributed by atoms with Crippen LogP contribution in [0.1, 0.15) is 30.9 Å². The quantitative estimate of drug-likeness (QED) is 0.393. The van der Waals surface area contributed by atoms with E-state index in [2.05, 4.69) is 15.5 Å². The Hall–Kier alpha value is -3.29. The minimum atomic E-state index is -0.820. The van der Waals surface area contributed by atoms with Gasteiger partial charge in [0.15, 0.2) is 0 Å². The number of nitrogens with zero attached hydrogens (tertiary/aromatic N) is 3. The third-order valence-electron chi connectivity index (χ3n) is 5.65. The smallest absolute Gasteiger partial charge is 0.232 e. The Morgan fingerprint density at radius 1 is 1.09 bits per heavy atom. The number of aromatic nitrogens is 3. The van der Waals surface area contributed by atoms with E-state index in [0.717, 1.165) is 22.4 Å². The van der Waals surface area contributed by atoms with E-state index in [0.29, 0.717) is 21.8 Å². The molecule has 0 spiro atoms. The number of ether oxygens (including phenoxy) is 1. The molecule has 0 aliphatic carbocycles. The maximum Gasteiger partial charge on any atom is 0.232 e. The Morgan fingerprint density at radius 2 is 1.94 bits per heavy atom. The normalized spacial score (nSPS) is 14.8. The van der Waals surface area contributed by atoms with Crippen molar-refractivity contribution in [2.24, 2.45) is 5.41 Å². The van der Waals surface area contributed by atoms with Crippen LogP contribution in [0.25, 0.3) is 11.3 Å². The highest BCUT2D eigenvalue weighted by molar-refractivity contribution is 7.13. The number of pyridine rings is 1. The van der Waals surface area contributed by atoms with Gasteiger partial charge in [0.1, 0.15) is 11.3 Å². The van der Waals surface area contributed by atoms with E-state index in [4.69, 9.17) is 21.3 Å². The number of hydrogen-bond donors (Lipinski definition) is 1. The number of benzene rings is 2. The van der Waals surface area contributed by atoms with Gasteiger partial charge in [-0.15, -0.1) is 10.2 Å². The van der Waals surface area contributed by atoms with Crippen LogP contribution in [0.5, 0.6) is 11.6 Å². The number of amides is 1. The zero-order valence-electron chi connectivity index (χ0n) is 17.4. The Labute approximate surface area is 194 Å². The number of anilines is 1. The summed E-state index contributed by atoms with van der Waals surface area (Å²) in [5, 5.41) is 11.7. The van der Waals surface area contributed by atoms with Crippen molar-refractivity contribution in [3.63, 3.8) is 0 Å². The van der Waals surface area contributed by atoms with Crippen molar-refractivity contribution < 1.29 is 9.53 Å². The van der Waals surface area contributed by atoms with Crippen LogP contribution in [-0.4, -0.2) is 21.1 Å². The monoisotopic (exact) mass is 462 g/mol. The van der Waals surface area contributed by atoms with Gasteiger partial charge in [0.05, 0.1) is 11.1 Å². The summed E-state index contributed by atoms with van der Waals surface area (Å²) >= 11 is 7.45. The standard InChI is InChI=1S/C24H19ClN4O2S/c1-24(2,22(30)28-23-29-26-13-32-23)20-16-8-3-4-9-19(16)31-21-17(20)10-11-18(27-21)14-6-5-7-15(25)12-14/h3-13,20H,1-2H3,(H,28,29,30)/t20-/m0/s1.